The van der Waals surface area contributed by atoms with Crippen LogP contribution in [0.15, 0.2) is 12.5 Å². The molecule has 0 spiro atoms. The van der Waals surface area contributed by atoms with Crippen LogP contribution in [0.2, 0.25) is 0 Å². The molecular formula is C12H21N3O2. The molecule has 1 aromatic rings. The van der Waals surface area contributed by atoms with Crippen molar-refractivity contribution in [3.8, 4) is 0 Å². The molecule has 1 aliphatic heterocycles. The molecule has 1 aliphatic rings. The van der Waals surface area contributed by atoms with Crippen molar-refractivity contribution in [3.05, 3.63) is 18.2 Å². The summed E-state index contributed by atoms with van der Waals surface area (Å²) in [5, 5.41) is 9.32. The molecule has 1 aromatic heterocycles. The van der Waals surface area contributed by atoms with Crippen molar-refractivity contribution in [2.75, 3.05) is 26.4 Å². The predicted molar refractivity (Wildman–Crippen MR) is 64.6 cm³/mol. The Labute approximate surface area is 102 Å². The Morgan fingerprint density at radius 3 is 3.24 bits per heavy atom. The van der Waals surface area contributed by atoms with Gasteiger partial charge in [0, 0.05) is 25.8 Å². The van der Waals surface area contributed by atoms with Gasteiger partial charge in [0.2, 0.25) is 0 Å². The van der Waals surface area contributed by atoms with Crippen molar-refractivity contribution < 1.29 is 9.84 Å². The Balaban J connectivity index is 2.00. The first-order valence-electron chi connectivity index (χ1n) is 6.26. The average Bonchev–Trinajstić information content (AvgIpc) is 2.78. The number of morpholine rings is 1. The fraction of sp³-hybridized carbons (Fsp3) is 0.750. The molecule has 96 valence electrons. The van der Waals surface area contributed by atoms with E-state index in [1.165, 1.54) is 5.69 Å². The SMILES string of the molecule is CCCn1cncc1CN1CCOCC1CO. The monoisotopic (exact) mass is 239 g/mol. The zero-order chi connectivity index (χ0) is 12.1. The Morgan fingerprint density at radius 2 is 2.47 bits per heavy atom. The molecule has 0 radical (unpaired) electrons. The van der Waals surface area contributed by atoms with Crippen molar-refractivity contribution in [2.24, 2.45) is 0 Å². The molecule has 2 rings (SSSR count). The maximum absolute atomic E-state index is 9.32. The summed E-state index contributed by atoms with van der Waals surface area (Å²) in [6, 6.07) is 0.119. The van der Waals surface area contributed by atoms with Gasteiger partial charge in [0.05, 0.1) is 37.9 Å². The zero-order valence-electron chi connectivity index (χ0n) is 10.4. The maximum Gasteiger partial charge on any atom is 0.0948 e. The number of hydrogen-bond acceptors (Lipinski definition) is 4. The third kappa shape index (κ3) is 3.06. The van der Waals surface area contributed by atoms with Crippen LogP contribution in [-0.4, -0.2) is 52.0 Å². The standard InChI is InChI=1S/C12H21N3O2/c1-2-3-15-10-13-6-11(15)7-14-4-5-17-9-12(14)8-16/h6,10,12,16H,2-5,7-9H2,1H3. The van der Waals surface area contributed by atoms with E-state index in [0.717, 1.165) is 32.7 Å². The van der Waals surface area contributed by atoms with Gasteiger partial charge in [0.1, 0.15) is 0 Å². The van der Waals surface area contributed by atoms with Crippen LogP contribution < -0.4 is 0 Å². The Hall–Kier alpha value is -0.910. The molecule has 0 amide bonds. The Bertz CT molecular complexity index is 340. The van der Waals surface area contributed by atoms with E-state index in [4.69, 9.17) is 4.74 Å². The number of nitrogens with zero attached hydrogens (tertiary/aromatic N) is 3. The van der Waals surface area contributed by atoms with Crippen LogP contribution in [0, 0.1) is 0 Å². The highest BCUT2D eigenvalue weighted by Gasteiger charge is 2.23. The Morgan fingerprint density at radius 1 is 1.59 bits per heavy atom. The van der Waals surface area contributed by atoms with E-state index < -0.39 is 0 Å². The minimum absolute atomic E-state index is 0.119. The van der Waals surface area contributed by atoms with Crippen LogP contribution in [0.3, 0.4) is 0 Å². The van der Waals surface area contributed by atoms with Gasteiger partial charge in [-0.1, -0.05) is 6.92 Å². The lowest BCUT2D eigenvalue weighted by atomic mass is 10.2. The first kappa shape index (κ1) is 12.5. The minimum atomic E-state index is 0.119. The normalized spacial score (nSPS) is 21.9. The van der Waals surface area contributed by atoms with Gasteiger partial charge >= 0.3 is 0 Å². The van der Waals surface area contributed by atoms with Crippen molar-refractivity contribution in [3.63, 3.8) is 0 Å². The van der Waals surface area contributed by atoms with Gasteiger partial charge < -0.3 is 14.4 Å². The van der Waals surface area contributed by atoms with Crippen molar-refractivity contribution >= 4 is 0 Å². The first-order chi connectivity index (χ1) is 8.35. The lowest BCUT2D eigenvalue weighted by Gasteiger charge is -2.34. The largest absolute Gasteiger partial charge is 0.395 e. The summed E-state index contributed by atoms with van der Waals surface area (Å²) in [6.07, 6.45) is 4.91. The zero-order valence-corrected chi connectivity index (χ0v) is 10.4. The molecule has 2 heterocycles. The fourth-order valence-electron chi connectivity index (χ4n) is 2.20. The van der Waals surface area contributed by atoms with Gasteiger partial charge in [0.25, 0.3) is 0 Å². The van der Waals surface area contributed by atoms with Crippen LogP contribution in [0.5, 0.6) is 0 Å². The van der Waals surface area contributed by atoms with Gasteiger partial charge in [-0.05, 0) is 6.42 Å². The molecule has 0 saturated carbocycles. The first-order valence-corrected chi connectivity index (χ1v) is 6.26. The summed E-state index contributed by atoms with van der Waals surface area (Å²) < 4.78 is 7.56. The minimum Gasteiger partial charge on any atom is -0.395 e. The number of rotatable bonds is 5. The smallest absolute Gasteiger partial charge is 0.0948 e. The average molecular weight is 239 g/mol. The highest BCUT2D eigenvalue weighted by atomic mass is 16.5. The summed E-state index contributed by atoms with van der Waals surface area (Å²) >= 11 is 0. The van der Waals surface area contributed by atoms with E-state index in [-0.39, 0.29) is 12.6 Å². The molecule has 17 heavy (non-hydrogen) atoms. The highest BCUT2D eigenvalue weighted by molar-refractivity contribution is 4.99. The molecule has 1 fully saturated rings. The van der Waals surface area contributed by atoms with E-state index in [1.807, 2.05) is 12.5 Å². The van der Waals surface area contributed by atoms with Gasteiger partial charge in [-0.25, -0.2) is 4.98 Å². The molecule has 1 N–H and O–H groups in total. The van der Waals surface area contributed by atoms with E-state index >= 15 is 0 Å². The second-order valence-electron chi connectivity index (χ2n) is 4.46. The topological polar surface area (TPSA) is 50.5 Å². The van der Waals surface area contributed by atoms with Crippen LogP contribution >= 0.6 is 0 Å². The summed E-state index contributed by atoms with van der Waals surface area (Å²) in [6.45, 7) is 6.41. The highest BCUT2D eigenvalue weighted by Crippen LogP contribution is 2.12. The lowest BCUT2D eigenvalue weighted by Crippen LogP contribution is -2.47. The molecule has 0 aromatic carbocycles. The summed E-state index contributed by atoms with van der Waals surface area (Å²) in [5.41, 5.74) is 1.22. The number of ether oxygens (including phenoxy) is 1. The molecule has 0 aliphatic carbocycles. The summed E-state index contributed by atoms with van der Waals surface area (Å²) in [7, 11) is 0. The second kappa shape index (κ2) is 6.14. The van der Waals surface area contributed by atoms with Gasteiger partial charge in [-0.15, -0.1) is 0 Å². The second-order valence-corrected chi connectivity index (χ2v) is 4.46. The summed E-state index contributed by atoms with van der Waals surface area (Å²) in [5.74, 6) is 0. The molecule has 1 unspecified atom stereocenters. The maximum atomic E-state index is 9.32. The number of aliphatic hydroxyl groups excluding tert-OH is 1. The van der Waals surface area contributed by atoms with Gasteiger partial charge in [-0.2, -0.15) is 0 Å². The predicted octanol–water partition coefficient (Wildman–Crippen LogP) is 0.486. The number of aliphatic hydroxyl groups is 1. The number of imidazole rings is 1. The van der Waals surface area contributed by atoms with Crippen LogP contribution in [0.1, 0.15) is 19.0 Å². The Kier molecular flexibility index (Phi) is 4.53. The van der Waals surface area contributed by atoms with Crippen molar-refractivity contribution in [1.29, 1.82) is 0 Å². The molecular weight excluding hydrogens is 218 g/mol. The van der Waals surface area contributed by atoms with E-state index in [2.05, 4.69) is 21.4 Å². The third-order valence-corrected chi connectivity index (χ3v) is 3.19. The number of hydrogen-bond donors (Lipinski definition) is 1. The van der Waals surface area contributed by atoms with Gasteiger partial charge in [-0.3, -0.25) is 4.90 Å². The van der Waals surface area contributed by atoms with Crippen molar-refractivity contribution in [2.45, 2.75) is 32.5 Å². The molecule has 0 bridgehead atoms. The molecule has 5 nitrogen and oxygen atoms in total. The van der Waals surface area contributed by atoms with Crippen LogP contribution in [-0.2, 0) is 17.8 Å². The molecule has 1 atom stereocenters. The van der Waals surface area contributed by atoms with Gasteiger partial charge in [0.15, 0.2) is 0 Å². The molecule has 5 heteroatoms. The summed E-state index contributed by atoms with van der Waals surface area (Å²) in [4.78, 5) is 6.47. The van der Waals surface area contributed by atoms with E-state index in [0.29, 0.717) is 6.61 Å². The van der Waals surface area contributed by atoms with Crippen LogP contribution in [0.4, 0.5) is 0 Å². The quantitative estimate of drug-likeness (QED) is 0.812. The number of aromatic nitrogens is 2. The third-order valence-electron chi connectivity index (χ3n) is 3.19. The van der Waals surface area contributed by atoms with Crippen LogP contribution in [0.25, 0.3) is 0 Å². The molecule has 1 saturated heterocycles. The van der Waals surface area contributed by atoms with E-state index in [1.54, 1.807) is 0 Å². The van der Waals surface area contributed by atoms with E-state index in [9.17, 15) is 5.11 Å². The number of aryl methyl sites for hydroxylation is 1. The van der Waals surface area contributed by atoms with Crippen molar-refractivity contribution in [1.82, 2.24) is 14.5 Å². The fourth-order valence-corrected chi connectivity index (χ4v) is 2.20. The lowest BCUT2D eigenvalue weighted by molar-refractivity contribution is -0.0321.